The third-order valence-corrected chi connectivity index (χ3v) is 2.15. The highest BCUT2D eigenvalue weighted by Gasteiger charge is 2.04. The van der Waals surface area contributed by atoms with Crippen molar-refractivity contribution < 1.29 is 9.47 Å². The molecule has 0 spiro atoms. The van der Waals surface area contributed by atoms with E-state index in [-0.39, 0.29) is 6.10 Å². The number of rotatable bonds is 4. The largest absolute Gasteiger partial charge is 0.488 e. The van der Waals surface area contributed by atoms with Gasteiger partial charge in [0.15, 0.2) is 0 Å². The molecule has 0 aliphatic heterocycles. The second-order valence-electron chi connectivity index (χ2n) is 3.50. The van der Waals surface area contributed by atoms with Crippen LogP contribution in [0.4, 0.5) is 0 Å². The molecule has 0 saturated heterocycles. The van der Waals surface area contributed by atoms with Crippen LogP contribution in [0.25, 0.3) is 10.9 Å². The maximum Gasteiger partial charge on any atom is 0.120 e. The van der Waals surface area contributed by atoms with Crippen LogP contribution >= 0.6 is 0 Å². The van der Waals surface area contributed by atoms with Gasteiger partial charge in [0.25, 0.3) is 0 Å². The molecular formula is C11H14N2O2. The quantitative estimate of drug-likeness (QED) is 0.832. The molecule has 4 nitrogen and oxygen atoms in total. The van der Waals surface area contributed by atoms with Crippen LogP contribution in [0.1, 0.15) is 6.92 Å². The molecule has 1 aromatic heterocycles. The van der Waals surface area contributed by atoms with Crippen LogP contribution in [0.5, 0.6) is 5.75 Å². The number of hydrogen-bond acceptors (Lipinski definition) is 3. The number of nitrogens with one attached hydrogen (secondary N) is 1. The maximum absolute atomic E-state index is 5.67. The Kier molecular flexibility index (Phi) is 2.87. The molecule has 4 heteroatoms. The Balaban J connectivity index is 2.14. The van der Waals surface area contributed by atoms with Crippen LogP contribution < -0.4 is 4.74 Å². The van der Waals surface area contributed by atoms with Crippen molar-refractivity contribution in [2.45, 2.75) is 13.0 Å². The topological polar surface area (TPSA) is 47.1 Å². The summed E-state index contributed by atoms with van der Waals surface area (Å²) in [4.78, 5) is 0. The minimum atomic E-state index is 0.0550. The van der Waals surface area contributed by atoms with Crippen LogP contribution in [0, 0.1) is 0 Å². The second kappa shape index (κ2) is 4.31. The summed E-state index contributed by atoms with van der Waals surface area (Å²) in [6.45, 7) is 2.56. The van der Waals surface area contributed by atoms with E-state index in [0.717, 1.165) is 16.7 Å². The van der Waals surface area contributed by atoms with Crippen LogP contribution in [0.15, 0.2) is 24.4 Å². The number of fused-ring (bicyclic) bond motifs is 1. The monoisotopic (exact) mass is 206 g/mol. The summed E-state index contributed by atoms with van der Waals surface area (Å²) in [7, 11) is 1.67. The van der Waals surface area contributed by atoms with E-state index in [1.54, 1.807) is 13.3 Å². The van der Waals surface area contributed by atoms with Crippen LogP contribution in [0.3, 0.4) is 0 Å². The van der Waals surface area contributed by atoms with E-state index in [1.165, 1.54) is 0 Å². The smallest absolute Gasteiger partial charge is 0.120 e. The lowest BCUT2D eigenvalue weighted by Crippen LogP contribution is -2.17. The summed E-state index contributed by atoms with van der Waals surface area (Å²) in [6, 6.07) is 5.84. The minimum absolute atomic E-state index is 0.0550. The van der Waals surface area contributed by atoms with Crippen molar-refractivity contribution in [2.75, 3.05) is 13.7 Å². The van der Waals surface area contributed by atoms with Gasteiger partial charge in [-0.05, 0) is 25.1 Å². The van der Waals surface area contributed by atoms with Crippen molar-refractivity contribution >= 4 is 10.9 Å². The molecule has 0 aliphatic carbocycles. The minimum Gasteiger partial charge on any atom is -0.488 e. The molecule has 15 heavy (non-hydrogen) atoms. The number of benzene rings is 1. The Hall–Kier alpha value is -1.55. The van der Waals surface area contributed by atoms with E-state index < -0.39 is 0 Å². The van der Waals surface area contributed by atoms with Gasteiger partial charge in [-0.2, -0.15) is 5.10 Å². The number of nitrogens with zero attached hydrogens (tertiary/aromatic N) is 1. The van der Waals surface area contributed by atoms with Gasteiger partial charge in [-0.3, -0.25) is 5.10 Å². The Morgan fingerprint density at radius 2 is 2.33 bits per heavy atom. The Morgan fingerprint density at radius 1 is 1.47 bits per heavy atom. The molecule has 0 fully saturated rings. The average molecular weight is 206 g/mol. The molecule has 1 N–H and O–H groups in total. The third kappa shape index (κ3) is 2.27. The lowest BCUT2D eigenvalue weighted by atomic mass is 10.2. The van der Waals surface area contributed by atoms with Crippen molar-refractivity contribution in [1.82, 2.24) is 10.2 Å². The first-order valence-corrected chi connectivity index (χ1v) is 4.88. The highest BCUT2D eigenvalue weighted by molar-refractivity contribution is 5.79. The molecule has 2 aromatic rings. The Morgan fingerprint density at radius 3 is 3.13 bits per heavy atom. The Bertz CT molecular complexity index is 439. The molecule has 0 amide bonds. The van der Waals surface area contributed by atoms with Crippen molar-refractivity contribution in [2.24, 2.45) is 0 Å². The summed E-state index contributed by atoms with van der Waals surface area (Å²) in [5, 5.41) is 7.90. The van der Waals surface area contributed by atoms with Gasteiger partial charge in [-0.15, -0.1) is 0 Å². The van der Waals surface area contributed by atoms with Crippen LogP contribution in [0.2, 0.25) is 0 Å². The molecule has 0 bridgehead atoms. The van der Waals surface area contributed by atoms with Crippen molar-refractivity contribution in [3.05, 3.63) is 24.4 Å². The van der Waals surface area contributed by atoms with E-state index >= 15 is 0 Å². The van der Waals surface area contributed by atoms with Crippen molar-refractivity contribution in [1.29, 1.82) is 0 Å². The molecule has 0 aliphatic rings. The van der Waals surface area contributed by atoms with Crippen LogP contribution in [-0.2, 0) is 4.74 Å². The zero-order valence-electron chi connectivity index (χ0n) is 8.86. The van der Waals surface area contributed by atoms with Gasteiger partial charge < -0.3 is 9.47 Å². The summed E-state index contributed by atoms with van der Waals surface area (Å²) in [5.41, 5.74) is 1.02. The SMILES string of the molecule is COC[C@@H](C)Oc1ccc2[nH]ncc2c1. The van der Waals surface area contributed by atoms with Gasteiger partial charge >= 0.3 is 0 Å². The van der Waals surface area contributed by atoms with Crippen molar-refractivity contribution in [3.8, 4) is 5.75 Å². The zero-order valence-corrected chi connectivity index (χ0v) is 8.86. The highest BCUT2D eigenvalue weighted by Crippen LogP contribution is 2.19. The van der Waals surface area contributed by atoms with E-state index in [0.29, 0.717) is 6.61 Å². The maximum atomic E-state index is 5.67. The number of aromatic nitrogens is 2. The fourth-order valence-corrected chi connectivity index (χ4v) is 1.50. The van der Waals surface area contributed by atoms with Gasteiger partial charge in [-0.1, -0.05) is 0 Å². The number of methoxy groups -OCH3 is 1. The van der Waals surface area contributed by atoms with E-state index in [1.807, 2.05) is 25.1 Å². The molecule has 2 rings (SSSR count). The van der Waals surface area contributed by atoms with Gasteiger partial charge in [0.1, 0.15) is 11.9 Å². The lowest BCUT2D eigenvalue weighted by molar-refractivity contribution is 0.0922. The first-order valence-electron chi connectivity index (χ1n) is 4.88. The van der Waals surface area contributed by atoms with E-state index in [9.17, 15) is 0 Å². The summed E-state index contributed by atoms with van der Waals surface area (Å²) >= 11 is 0. The fraction of sp³-hybridized carbons (Fsp3) is 0.364. The van der Waals surface area contributed by atoms with Gasteiger partial charge in [0.05, 0.1) is 18.3 Å². The molecule has 1 atom stereocenters. The van der Waals surface area contributed by atoms with Gasteiger partial charge in [-0.25, -0.2) is 0 Å². The average Bonchev–Trinajstić information content (AvgIpc) is 2.65. The standard InChI is InChI=1S/C11H14N2O2/c1-8(7-14-2)15-10-3-4-11-9(5-10)6-12-13-11/h3-6,8H,7H2,1-2H3,(H,12,13)/t8-/m1/s1. The molecule has 0 saturated carbocycles. The molecule has 1 aromatic carbocycles. The van der Waals surface area contributed by atoms with Crippen LogP contribution in [-0.4, -0.2) is 30.0 Å². The highest BCUT2D eigenvalue weighted by atomic mass is 16.5. The van der Waals surface area contributed by atoms with Gasteiger partial charge in [0.2, 0.25) is 0 Å². The Labute approximate surface area is 88.2 Å². The number of hydrogen-bond donors (Lipinski definition) is 1. The summed E-state index contributed by atoms with van der Waals surface area (Å²) < 4.78 is 10.7. The fourth-order valence-electron chi connectivity index (χ4n) is 1.50. The first kappa shape index (κ1) is 9.98. The molecular weight excluding hydrogens is 192 g/mol. The molecule has 0 radical (unpaired) electrons. The molecule has 0 unspecified atom stereocenters. The third-order valence-electron chi connectivity index (χ3n) is 2.15. The van der Waals surface area contributed by atoms with E-state index in [2.05, 4.69) is 10.2 Å². The first-order chi connectivity index (χ1) is 7.29. The predicted molar refractivity (Wildman–Crippen MR) is 58.1 cm³/mol. The summed E-state index contributed by atoms with van der Waals surface area (Å²) in [6.07, 6.45) is 1.84. The lowest BCUT2D eigenvalue weighted by Gasteiger charge is -2.13. The second-order valence-corrected chi connectivity index (χ2v) is 3.50. The van der Waals surface area contributed by atoms with Gasteiger partial charge in [0, 0.05) is 12.5 Å². The number of H-pyrrole nitrogens is 1. The predicted octanol–water partition coefficient (Wildman–Crippen LogP) is 1.98. The number of aromatic amines is 1. The zero-order chi connectivity index (χ0) is 10.7. The summed E-state index contributed by atoms with van der Waals surface area (Å²) in [5.74, 6) is 0.841. The molecule has 1 heterocycles. The van der Waals surface area contributed by atoms with E-state index in [4.69, 9.17) is 9.47 Å². The van der Waals surface area contributed by atoms with Crippen molar-refractivity contribution in [3.63, 3.8) is 0 Å². The normalized spacial score (nSPS) is 12.9. The molecule has 80 valence electrons. The number of ether oxygens (including phenoxy) is 2.